The first-order valence-corrected chi connectivity index (χ1v) is 4.69. The largest absolute Gasteiger partial charge is 0.393 e. The van der Waals surface area contributed by atoms with E-state index in [1.807, 2.05) is 6.92 Å². The molecule has 12 heavy (non-hydrogen) atoms. The number of carbonyl (C=O) groups excluding carboxylic acids is 1. The first-order valence-electron chi connectivity index (χ1n) is 4.69. The van der Waals surface area contributed by atoms with Crippen molar-refractivity contribution < 1.29 is 9.90 Å². The molecule has 0 radical (unpaired) electrons. The highest BCUT2D eigenvalue weighted by Gasteiger charge is 2.23. The van der Waals surface area contributed by atoms with Crippen LogP contribution in [0.25, 0.3) is 0 Å². The van der Waals surface area contributed by atoms with Crippen LogP contribution in [0.15, 0.2) is 0 Å². The molecule has 70 valence electrons. The zero-order valence-electron chi connectivity index (χ0n) is 7.55. The average molecular weight is 171 g/mol. The Kier molecular flexibility index (Phi) is 3.53. The van der Waals surface area contributed by atoms with Gasteiger partial charge >= 0.3 is 0 Å². The SMILES string of the molecule is CCCC(=O)N[C@H]1CC[C@H](O)C1. The van der Waals surface area contributed by atoms with E-state index in [1.165, 1.54) is 0 Å². The van der Waals surface area contributed by atoms with Crippen molar-refractivity contribution >= 4 is 5.91 Å². The van der Waals surface area contributed by atoms with Crippen LogP contribution < -0.4 is 5.32 Å². The van der Waals surface area contributed by atoms with Crippen molar-refractivity contribution in [3.63, 3.8) is 0 Å². The highest BCUT2D eigenvalue weighted by molar-refractivity contribution is 5.76. The smallest absolute Gasteiger partial charge is 0.220 e. The van der Waals surface area contributed by atoms with Crippen LogP contribution in [0.3, 0.4) is 0 Å². The molecule has 0 aromatic rings. The van der Waals surface area contributed by atoms with Gasteiger partial charge in [0.2, 0.25) is 5.91 Å². The molecule has 0 aromatic heterocycles. The van der Waals surface area contributed by atoms with Crippen molar-refractivity contribution in [2.45, 2.75) is 51.2 Å². The van der Waals surface area contributed by atoms with Crippen LogP contribution in [-0.4, -0.2) is 23.2 Å². The number of nitrogens with one attached hydrogen (secondary N) is 1. The molecule has 1 aliphatic carbocycles. The van der Waals surface area contributed by atoms with E-state index < -0.39 is 0 Å². The maximum absolute atomic E-state index is 11.1. The molecule has 0 spiro atoms. The molecule has 2 atom stereocenters. The van der Waals surface area contributed by atoms with Crippen molar-refractivity contribution in [3.8, 4) is 0 Å². The number of hydrogen-bond acceptors (Lipinski definition) is 2. The van der Waals surface area contributed by atoms with Crippen LogP contribution in [0.1, 0.15) is 39.0 Å². The fourth-order valence-corrected chi connectivity index (χ4v) is 1.62. The van der Waals surface area contributed by atoms with E-state index in [2.05, 4.69) is 5.32 Å². The summed E-state index contributed by atoms with van der Waals surface area (Å²) in [6.07, 6.45) is 3.79. The highest BCUT2D eigenvalue weighted by Crippen LogP contribution is 2.18. The predicted molar refractivity (Wildman–Crippen MR) is 46.7 cm³/mol. The highest BCUT2D eigenvalue weighted by atomic mass is 16.3. The molecule has 2 N–H and O–H groups in total. The van der Waals surface area contributed by atoms with E-state index in [1.54, 1.807) is 0 Å². The van der Waals surface area contributed by atoms with Crippen LogP contribution in [0.2, 0.25) is 0 Å². The van der Waals surface area contributed by atoms with Gasteiger partial charge in [-0.05, 0) is 25.7 Å². The molecule has 1 aliphatic rings. The molecule has 1 amide bonds. The van der Waals surface area contributed by atoms with Gasteiger partial charge in [0.15, 0.2) is 0 Å². The lowest BCUT2D eigenvalue weighted by Gasteiger charge is -2.11. The van der Waals surface area contributed by atoms with Crippen molar-refractivity contribution in [1.29, 1.82) is 0 Å². The zero-order chi connectivity index (χ0) is 8.97. The Morgan fingerprint density at radius 2 is 2.33 bits per heavy atom. The van der Waals surface area contributed by atoms with Gasteiger partial charge in [-0.1, -0.05) is 6.92 Å². The Morgan fingerprint density at radius 3 is 2.83 bits per heavy atom. The normalized spacial score (nSPS) is 28.8. The summed E-state index contributed by atoms with van der Waals surface area (Å²) in [6, 6.07) is 0.221. The van der Waals surface area contributed by atoms with Crippen molar-refractivity contribution in [2.75, 3.05) is 0 Å². The number of amides is 1. The van der Waals surface area contributed by atoms with E-state index in [-0.39, 0.29) is 18.1 Å². The van der Waals surface area contributed by atoms with Gasteiger partial charge in [-0.2, -0.15) is 0 Å². The molecule has 0 aliphatic heterocycles. The quantitative estimate of drug-likeness (QED) is 0.660. The summed E-state index contributed by atoms with van der Waals surface area (Å²) in [5, 5.41) is 12.1. The molecular weight excluding hydrogens is 154 g/mol. The third-order valence-corrected chi connectivity index (χ3v) is 2.25. The van der Waals surface area contributed by atoms with Crippen LogP contribution in [0.4, 0.5) is 0 Å². The minimum Gasteiger partial charge on any atom is -0.393 e. The van der Waals surface area contributed by atoms with E-state index in [0.29, 0.717) is 6.42 Å². The van der Waals surface area contributed by atoms with E-state index in [4.69, 9.17) is 0 Å². The second-order valence-corrected chi connectivity index (χ2v) is 3.48. The maximum atomic E-state index is 11.1. The summed E-state index contributed by atoms with van der Waals surface area (Å²) in [5.74, 6) is 0.122. The van der Waals surface area contributed by atoms with Gasteiger partial charge in [-0.25, -0.2) is 0 Å². The summed E-state index contributed by atoms with van der Waals surface area (Å²) in [7, 11) is 0. The molecule has 3 nitrogen and oxygen atoms in total. The molecule has 1 saturated carbocycles. The standard InChI is InChI=1S/C9H17NO2/c1-2-3-9(12)10-7-4-5-8(11)6-7/h7-8,11H,2-6H2,1H3,(H,10,12)/t7-,8-/m0/s1. The Labute approximate surface area is 73.2 Å². The minimum absolute atomic E-state index is 0.122. The number of carbonyl (C=O) groups is 1. The van der Waals surface area contributed by atoms with E-state index >= 15 is 0 Å². The second-order valence-electron chi connectivity index (χ2n) is 3.48. The van der Waals surface area contributed by atoms with Gasteiger partial charge in [-0.15, -0.1) is 0 Å². The molecule has 0 heterocycles. The summed E-state index contributed by atoms with van der Waals surface area (Å²) in [6.45, 7) is 1.99. The van der Waals surface area contributed by atoms with Gasteiger partial charge in [0.1, 0.15) is 0 Å². The molecule has 0 unspecified atom stereocenters. The number of hydrogen-bond donors (Lipinski definition) is 2. The lowest BCUT2D eigenvalue weighted by Crippen LogP contribution is -2.32. The monoisotopic (exact) mass is 171 g/mol. The van der Waals surface area contributed by atoms with Crippen LogP contribution in [0, 0.1) is 0 Å². The molecule has 1 rings (SSSR count). The van der Waals surface area contributed by atoms with Crippen LogP contribution in [0.5, 0.6) is 0 Å². The average Bonchev–Trinajstić information content (AvgIpc) is 2.36. The lowest BCUT2D eigenvalue weighted by molar-refractivity contribution is -0.121. The molecule has 0 saturated heterocycles. The minimum atomic E-state index is -0.197. The van der Waals surface area contributed by atoms with Gasteiger partial charge in [0, 0.05) is 12.5 Å². The summed E-state index contributed by atoms with van der Waals surface area (Å²) >= 11 is 0. The van der Waals surface area contributed by atoms with E-state index in [0.717, 1.165) is 25.7 Å². The topological polar surface area (TPSA) is 49.3 Å². The lowest BCUT2D eigenvalue weighted by atomic mass is 10.2. The zero-order valence-corrected chi connectivity index (χ0v) is 7.55. The summed E-state index contributed by atoms with van der Waals surface area (Å²) in [5.41, 5.74) is 0. The van der Waals surface area contributed by atoms with Crippen molar-refractivity contribution in [1.82, 2.24) is 5.32 Å². The number of rotatable bonds is 3. The van der Waals surface area contributed by atoms with Gasteiger partial charge < -0.3 is 10.4 Å². The Bertz CT molecular complexity index is 159. The third kappa shape index (κ3) is 2.81. The number of aliphatic hydroxyl groups excluding tert-OH is 1. The van der Waals surface area contributed by atoms with Crippen LogP contribution in [-0.2, 0) is 4.79 Å². The Hall–Kier alpha value is -0.570. The van der Waals surface area contributed by atoms with Gasteiger partial charge in [0.25, 0.3) is 0 Å². The summed E-state index contributed by atoms with van der Waals surface area (Å²) < 4.78 is 0. The van der Waals surface area contributed by atoms with Gasteiger partial charge in [0.05, 0.1) is 6.10 Å². The second kappa shape index (κ2) is 4.45. The first-order chi connectivity index (χ1) is 5.72. The molecule has 0 aromatic carbocycles. The van der Waals surface area contributed by atoms with E-state index in [9.17, 15) is 9.90 Å². The van der Waals surface area contributed by atoms with Gasteiger partial charge in [-0.3, -0.25) is 4.79 Å². The number of aliphatic hydroxyl groups is 1. The molecule has 1 fully saturated rings. The predicted octanol–water partition coefficient (Wildman–Crippen LogP) is 0.816. The maximum Gasteiger partial charge on any atom is 0.220 e. The fourth-order valence-electron chi connectivity index (χ4n) is 1.62. The third-order valence-electron chi connectivity index (χ3n) is 2.25. The Morgan fingerprint density at radius 1 is 1.58 bits per heavy atom. The van der Waals surface area contributed by atoms with Crippen LogP contribution >= 0.6 is 0 Å². The molecule has 0 bridgehead atoms. The Balaban J connectivity index is 2.18. The van der Waals surface area contributed by atoms with Crippen molar-refractivity contribution in [2.24, 2.45) is 0 Å². The first kappa shape index (κ1) is 9.52. The molecular formula is C9H17NO2. The molecule has 3 heteroatoms. The summed E-state index contributed by atoms with van der Waals surface area (Å²) in [4.78, 5) is 11.1. The fraction of sp³-hybridized carbons (Fsp3) is 0.889. The van der Waals surface area contributed by atoms with Crippen molar-refractivity contribution in [3.05, 3.63) is 0 Å².